The van der Waals surface area contributed by atoms with Crippen LogP contribution in [0.2, 0.25) is 0 Å². The van der Waals surface area contributed by atoms with Gasteiger partial charge in [0.1, 0.15) is 11.0 Å². The average Bonchev–Trinajstić information content (AvgIpc) is 3.44. The molecule has 0 spiro atoms. The quantitative estimate of drug-likeness (QED) is 0.295. The Morgan fingerprint density at radius 1 is 1.08 bits per heavy atom. The molecular weight excluding hydrogens is 482 g/mol. The van der Waals surface area contributed by atoms with E-state index in [2.05, 4.69) is 13.0 Å². The van der Waals surface area contributed by atoms with Gasteiger partial charge in [-0.2, -0.15) is 0 Å². The van der Waals surface area contributed by atoms with Gasteiger partial charge in [-0.1, -0.05) is 43.3 Å². The number of aryl methyl sites for hydroxylation is 1. The van der Waals surface area contributed by atoms with Crippen molar-refractivity contribution in [2.75, 3.05) is 4.90 Å². The summed E-state index contributed by atoms with van der Waals surface area (Å²) in [6.07, 6.45) is 0.872. The zero-order valence-electron chi connectivity index (χ0n) is 21.2. The van der Waals surface area contributed by atoms with E-state index in [4.69, 9.17) is 4.98 Å². The molecule has 4 aromatic rings. The van der Waals surface area contributed by atoms with Gasteiger partial charge >= 0.3 is 0 Å². The fourth-order valence-corrected chi connectivity index (χ4v) is 5.87. The number of nitrogens with zero attached hydrogens (tertiary/aromatic N) is 3. The molecule has 1 aromatic heterocycles. The summed E-state index contributed by atoms with van der Waals surface area (Å²) in [5.41, 5.74) is 4.46. The van der Waals surface area contributed by atoms with E-state index in [9.17, 15) is 14.4 Å². The Labute approximate surface area is 220 Å². The van der Waals surface area contributed by atoms with Crippen LogP contribution < -0.4 is 4.90 Å². The molecule has 0 N–H and O–H groups in total. The van der Waals surface area contributed by atoms with Gasteiger partial charge in [0.2, 0.25) is 11.8 Å². The maximum atomic E-state index is 13.5. The van der Waals surface area contributed by atoms with Crippen LogP contribution in [-0.4, -0.2) is 39.7 Å². The first kappa shape index (κ1) is 24.8. The van der Waals surface area contributed by atoms with Crippen LogP contribution in [0.25, 0.3) is 20.8 Å². The number of aromatic nitrogens is 1. The Bertz CT molecular complexity index is 1460. The molecule has 2 atom stereocenters. The lowest BCUT2D eigenvalue weighted by molar-refractivity contribution is -0.140. The van der Waals surface area contributed by atoms with Crippen molar-refractivity contribution >= 4 is 45.0 Å². The van der Waals surface area contributed by atoms with Crippen LogP contribution in [0.15, 0.2) is 72.8 Å². The minimum Gasteiger partial charge on any atom is -0.327 e. The maximum absolute atomic E-state index is 13.5. The Kier molecular flexibility index (Phi) is 6.89. The maximum Gasteiger partial charge on any atom is 0.257 e. The molecule has 2 unspecified atom stereocenters. The number of carbonyl (C=O) groups excluding carboxylic acids is 3. The van der Waals surface area contributed by atoms with Crippen LogP contribution in [0.1, 0.15) is 37.8 Å². The minimum atomic E-state index is -0.800. The fourth-order valence-electron chi connectivity index (χ4n) is 4.80. The van der Waals surface area contributed by atoms with Gasteiger partial charge in [0.25, 0.3) is 5.91 Å². The SMILES string of the molecule is CCC(C)N(C(=O)Cc1ccccc1)C1CC(=O)N(c2ccc(-c3nc4ccc(C)cc4s3)cc2)C1=O. The summed E-state index contributed by atoms with van der Waals surface area (Å²) in [4.78, 5) is 47.5. The lowest BCUT2D eigenvalue weighted by Gasteiger charge is -2.33. The Morgan fingerprint density at radius 2 is 1.81 bits per heavy atom. The largest absolute Gasteiger partial charge is 0.327 e. The highest BCUT2D eigenvalue weighted by Gasteiger charge is 2.45. The molecule has 0 bridgehead atoms. The number of rotatable bonds is 7. The van der Waals surface area contributed by atoms with Gasteiger partial charge in [0, 0.05) is 11.6 Å². The van der Waals surface area contributed by atoms with Gasteiger partial charge in [-0.15, -0.1) is 11.3 Å². The Morgan fingerprint density at radius 3 is 2.51 bits per heavy atom. The number of imide groups is 1. The fraction of sp³-hybridized carbons (Fsp3) is 0.267. The zero-order chi connectivity index (χ0) is 26.1. The van der Waals surface area contributed by atoms with Crippen molar-refractivity contribution in [2.24, 2.45) is 0 Å². The van der Waals surface area contributed by atoms with E-state index < -0.39 is 6.04 Å². The number of carbonyl (C=O) groups is 3. The van der Waals surface area contributed by atoms with Crippen LogP contribution in [0.5, 0.6) is 0 Å². The second kappa shape index (κ2) is 10.3. The standard InChI is InChI=1S/C30H29N3O3S/c1-4-20(3)32(27(34)17-21-8-6-5-7-9-21)25-18-28(35)33(30(25)36)23-13-11-22(12-14-23)29-31-24-15-10-19(2)16-26(24)37-29/h5-16,20,25H,4,17-18H2,1-3H3. The van der Waals surface area contributed by atoms with Crippen molar-refractivity contribution in [3.05, 3.63) is 83.9 Å². The number of thiazole rings is 1. The molecule has 37 heavy (non-hydrogen) atoms. The molecule has 7 heteroatoms. The van der Waals surface area contributed by atoms with Crippen molar-refractivity contribution < 1.29 is 14.4 Å². The van der Waals surface area contributed by atoms with Gasteiger partial charge in [-0.3, -0.25) is 14.4 Å². The van der Waals surface area contributed by atoms with Crippen molar-refractivity contribution in [3.8, 4) is 10.6 Å². The first-order valence-electron chi connectivity index (χ1n) is 12.5. The van der Waals surface area contributed by atoms with Gasteiger partial charge in [-0.05, 0) is 67.8 Å². The number of anilines is 1. The molecule has 1 saturated heterocycles. The van der Waals surface area contributed by atoms with Crippen LogP contribution in [0, 0.1) is 6.92 Å². The summed E-state index contributed by atoms with van der Waals surface area (Å²) < 4.78 is 1.12. The lowest BCUT2D eigenvalue weighted by Crippen LogP contribution is -2.50. The minimum absolute atomic E-state index is 0.0112. The third-order valence-electron chi connectivity index (χ3n) is 6.93. The summed E-state index contributed by atoms with van der Waals surface area (Å²) in [7, 11) is 0. The van der Waals surface area contributed by atoms with E-state index in [1.165, 1.54) is 10.5 Å². The van der Waals surface area contributed by atoms with Crippen molar-refractivity contribution in [2.45, 2.75) is 52.1 Å². The molecule has 1 aliphatic rings. The molecule has 1 aliphatic heterocycles. The molecule has 5 rings (SSSR count). The molecule has 0 aliphatic carbocycles. The van der Waals surface area contributed by atoms with E-state index in [1.54, 1.807) is 28.4 Å². The second-order valence-electron chi connectivity index (χ2n) is 9.55. The van der Waals surface area contributed by atoms with Crippen LogP contribution in [-0.2, 0) is 20.8 Å². The summed E-state index contributed by atoms with van der Waals surface area (Å²) in [6, 6.07) is 22.0. The average molecular weight is 512 g/mol. The number of amides is 3. The van der Waals surface area contributed by atoms with Crippen molar-refractivity contribution in [1.29, 1.82) is 0 Å². The molecule has 3 amide bonds. The molecule has 1 fully saturated rings. The van der Waals surface area contributed by atoms with Crippen molar-refractivity contribution in [1.82, 2.24) is 9.88 Å². The van der Waals surface area contributed by atoms with E-state index in [1.807, 2.05) is 68.4 Å². The smallest absolute Gasteiger partial charge is 0.257 e. The molecule has 0 saturated carbocycles. The molecule has 6 nitrogen and oxygen atoms in total. The van der Waals surface area contributed by atoms with E-state index in [0.717, 1.165) is 26.4 Å². The summed E-state index contributed by atoms with van der Waals surface area (Å²) in [6.45, 7) is 5.97. The zero-order valence-corrected chi connectivity index (χ0v) is 22.0. The predicted octanol–water partition coefficient (Wildman–Crippen LogP) is 5.77. The molecule has 2 heterocycles. The monoisotopic (exact) mass is 511 g/mol. The van der Waals surface area contributed by atoms with E-state index in [-0.39, 0.29) is 36.6 Å². The molecule has 3 aromatic carbocycles. The van der Waals surface area contributed by atoms with Crippen LogP contribution >= 0.6 is 11.3 Å². The van der Waals surface area contributed by atoms with Gasteiger partial charge < -0.3 is 4.90 Å². The van der Waals surface area contributed by atoms with Crippen molar-refractivity contribution in [3.63, 3.8) is 0 Å². The van der Waals surface area contributed by atoms with E-state index >= 15 is 0 Å². The Hall–Kier alpha value is -3.84. The predicted molar refractivity (Wildman–Crippen MR) is 147 cm³/mol. The third-order valence-corrected chi connectivity index (χ3v) is 7.99. The number of hydrogen-bond donors (Lipinski definition) is 0. The molecular formula is C30H29N3O3S. The number of benzene rings is 3. The number of hydrogen-bond acceptors (Lipinski definition) is 5. The molecule has 188 valence electrons. The summed E-state index contributed by atoms with van der Waals surface area (Å²) in [5.74, 6) is -0.788. The number of fused-ring (bicyclic) bond motifs is 1. The highest BCUT2D eigenvalue weighted by atomic mass is 32.1. The summed E-state index contributed by atoms with van der Waals surface area (Å²) >= 11 is 1.61. The molecule has 0 radical (unpaired) electrons. The van der Waals surface area contributed by atoms with Crippen LogP contribution in [0.4, 0.5) is 5.69 Å². The normalized spacial score (nSPS) is 16.4. The van der Waals surface area contributed by atoms with Gasteiger partial charge in [0.05, 0.1) is 28.7 Å². The highest BCUT2D eigenvalue weighted by molar-refractivity contribution is 7.21. The van der Waals surface area contributed by atoms with Gasteiger partial charge in [0.15, 0.2) is 0 Å². The Balaban J connectivity index is 1.38. The second-order valence-corrected chi connectivity index (χ2v) is 10.6. The lowest BCUT2D eigenvalue weighted by atomic mass is 10.1. The first-order valence-corrected chi connectivity index (χ1v) is 13.4. The highest BCUT2D eigenvalue weighted by Crippen LogP contribution is 2.33. The van der Waals surface area contributed by atoms with E-state index in [0.29, 0.717) is 12.1 Å². The third kappa shape index (κ3) is 4.91. The topological polar surface area (TPSA) is 70.6 Å². The van der Waals surface area contributed by atoms with Crippen LogP contribution in [0.3, 0.4) is 0 Å². The van der Waals surface area contributed by atoms with Gasteiger partial charge in [-0.25, -0.2) is 9.88 Å². The summed E-state index contributed by atoms with van der Waals surface area (Å²) in [5, 5.41) is 0.888. The first-order chi connectivity index (χ1) is 17.9.